The van der Waals surface area contributed by atoms with Crippen molar-refractivity contribution in [1.29, 1.82) is 0 Å². The number of likely N-dealkylation sites (tertiary alicyclic amines) is 1. The van der Waals surface area contributed by atoms with E-state index in [0.29, 0.717) is 11.4 Å². The quantitative estimate of drug-likeness (QED) is 0.376. The van der Waals surface area contributed by atoms with Gasteiger partial charge in [0.15, 0.2) is 9.84 Å². The van der Waals surface area contributed by atoms with Crippen molar-refractivity contribution in [2.45, 2.75) is 49.6 Å². The molecule has 1 aliphatic heterocycles. The van der Waals surface area contributed by atoms with Crippen molar-refractivity contribution in [3.05, 3.63) is 82.3 Å². The van der Waals surface area contributed by atoms with Gasteiger partial charge in [-0.15, -0.1) is 11.3 Å². The molecule has 1 N–H and O–H groups in total. The lowest BCUT2D eigenvalue weighted by Gasteiger charge is -2.38. The zero-order valence-electron chi connectivity index (χ0n) is 22.5. The summed E-state index contributed by atoms with van der Waals surface area (Å²) in [5.41, 5.74) is 3.56. The van der Waals surface area contributed by atoms with Gasteiger partial charge in [0.1, 0.15) is 4.88 Å². The molecule has 4 rings (SSSR count). The number of hydrogen-bond acceptors (Lipinski definition) is 7. The molecular formula is C29H36N4O4S2. The monoisotopic (exact) mass is 568 g/mol. The van der Waals surface area contributed by atoms with E-state index in [2.05, 4.69) is 15.2 Å². The minimum atomic E-state index is -3.26. The summed E-state index contributed by atoms with van der Waals surface area (Å²) in [6.45, 7) is 5.28. The van der Waals surface area contributed by atoms with Gasteiger partial charge in [0.05, 0.1) is 29.1 Å². The summed E-state index contributed by atoms with van der Waals surface area (Å²) in [7, 11) is -3.26. The van der Waals surface area contributed by atoms with Crippen LogP contribution in [0, 0.1) is 0 Å². The number of amides is 2. The lowest BCUT2D eigenvalue weighted by molar-refractivity contribution is -0.133. The first-order valence-electron chi connectivity index (χ1n) is 13.3. The third-order valence-electron chi connectivity index (χ3n) is 7.26. The van der Waals surface area contributed by atoms with E-state index in [1.165, 1.54) is 17.6 Å². The van der Waals surface area contributed by atoms with Crippen LogP contribution in [0.1, 0.15) is 53.0 Å². The molecule has 0 bridgehead atoms. The number of carbonyl (C=O) groups excluding carboxylic acids is 2. The van der Waals surface area contributed by atoms with E-state index in [4.69, 9.17) is 0 Å². The van der Waals surface area contributed by atoms with Crippen LogP contribution in [0.25, 0.3) is 0 Å². The van der Waals surface area contributed by atoms with Crippen molar-refractivity contribution in [3.63, 3.8) is 0 Å². The minimum absolute atomic E-state index is 0.0676. The third kappa shape index (κ3) is 7.97. The predicted octanol–water partition coefficient (Wildman–Crippen LogP) is 3.96. The van der Waals surface area contributed by atoms with E-state index < -0.39 is 9.84 Å². The molecule has 1 aliphatic rings. The van der Waals surface area contributed by atoms with Crippen molar-refractivity contribution < 1.29 is 18.0 Å². The van der Waals surface area contributed by atoms with Gasteiger partial charge in [0, 0.05) is 38.5 Å². The summed E-state index contributed by atoms with van der Waals surface area (Å²) in [6, 6.07) is 16.7. The fourth-order valence-electron chi connectivity index (χ4n) is 5.10. The van der Waals surface area contributed by atoms with Crippen molar-refractivity contribution in [1.82, 2.24) is 20.1 Å². The van der Waals surface area contributed by atoms with Crippen LogP contribution in [0.4, 0.5) is 0 Å². The summed E-state index contributed by atoms with van der Waals surface area (Å²) in [6.07, 6.45) is 5.62. The van der Waals surface area contributed by atoms with Crippen molar-refractivity contribution in [3.8, 4) is 0 Å². The van der Waals surface area contributed by atoms with E-state index in [-0.39, 0.29) is 35.2 Å². The molecule has 208 valence electrons. The first-order chi connectivity index (χ1) is 18.7. The van der Waals surface area contributed by atoms with Crippen LogP contribution in [-0.2, 0) is 21.1 Å². The number of piperidine rings is 1. The fourth-order valence-corrected chi connectivity index (χ4v) is 6.25. The smallest absolute Gasteiger partial charge is 0.263 e. The summed E-state index contributed by atoms with van der Waals surface area (Å²) in [5, 5.41) is 3.18. The molecule has 2 amide bonds. The molecule has 0 aliphatic carbocycles. The molecule has 1 saturated heterocycles. The van der Waals surface area contributed by atoms with Crippen LogP contribution in [0.15, 0.2) is 71.2 Å². The number of hydrogen-bond donors (Lipinski definition) is 1. The average molecular weight is 569 g/mol. The predicted molar refractivity (Wildman–Crippen MR) is 153 cm³/mol. The van der Waals surface area contributed by atoms with Crippen LogP contribution >= 0.6 is 11.3 Å². The number of sulfone groups is 1. The Bertz CT molecular complexity index is 1320. The highest BCUT2D eigenvalue weighted by Crippen LogP contribution is 2.22. The molecule has 10 heteroatoms. The summed E-state index contributed by atoms with van der Waals surface area (Å²) < 4.78 is 23.4. The molecule has 8 nitrogen and oxygen atoms in total. The Morgan fingerprint density at radius 1 is 1.10 bits per heavy atom. The Kier molecular flexibility index (Phi) is 9.88. The minimum Gasteiger partial charge on any atom is -0.344 e. The molecule has 0 radical (unpaired) electrons. The molecule has 3 aromatic rings. The summed E-state index contributed by atoms with van der Waals surface area (Å²) in [5.74, 6) is -0.0360. The maximum Gasteiger partial charge on any atom is 0.263 e. The van der Waals surface area contributed by atoms with Crippen LogP contribution in [0.3, 0.4) is 0 Å². The Hall–Kier alpha value is -3.08. The summed E-state index contributed by atoms with van der Waals surface area (Å²) in [4.78, 5) is 35.1. The Balaban J connectivity index is 1.30. The molecule has 1 atom stereocenters. The van der Waals surface area contributed by atoms with E-state index in [1.54, 1.807) is 36.0 Å². The molecule has 0 spiro atoms. The zero-order valence-corrected chi connectivity index (χ0v) is 24.1. The van der Waals surface area contributed by atoms with Crippen LogP contribution < -0.4 is 5.32 Å². The lowest BCUT2D eigenvalue weighted by atomic mass is 9.99. The van der Waals surface area contributed by atoms with Gasteiger partial charge in [-0.1, -0.05) is 42.5 Å². The number of rotatable bonds is 11. The maximum atomic E-state index is 13.1. The number of nitrogens with zero attached hydrogens (tertiary/aromatic N) is 3. The Labute approximate surface area is 235 Å². The number of aromatic nitrogens is 1. The molecule has 1 fully saturated rings. The lowest BCUT2D eigenvalue weighted by Crippen LogP contribution is -2.48. The van der Waals surface area contributed by atoms with E-state index in [0.717, 1.165) is 50.0 Å². The van der Waals surface area contributed by atoms with Gasteiger partial charge in [0.2, 0.25) is 5.91 Å². The van der Waals surface area contributed by atoms with Gasteiger partial charge >= 0.3 is 0 Å². The first-order valence-corrected chi connectivity index (χ1v) is 16.1. The van der Waals surface area contributed by atoms with Crippen molar-refractivity contribution >= 4 is 33.0 Å². The van der Waals surface area contributed by atoms with E-state index >= 15 is 0 Å². The topological polar surface area (TPSA) is 99.7 Å². The third-order valence-corrected chi connectivity index (χ3v) is 9.16. The van der Waals surface area contributed by atoms with Crippen molar-refractivity contribution in [2.24, 2.45) is 0 Å². The molecule has 0 unspecified atom stereocenters. The highest BCUT2D eigenvalue weighted by Gasteiger charge is 2.27. The van der Waals surface area contributed by atoms with Crippen molar-refractivity contribution in [2.75, 3.05) is 32.4 Å². The van der Waals surface area contributed by atoms with Crippen LogP contribution in [0.2, 0.25) is 0 Å². The molecule has 1 aromatic heterocycles. The van der Waals surface area contributed by atoms with Gasteiger partial charge in [-0.05, 0) is 49.4 Å². The molecular weight excluding hydrogens is 532 g/mol. The average Bonchev–Trinajstić information content (AvgIpc) is 3.48. The standard InChI is InChI=1S/C29H36N4O4S2/c1-3-33(28(34)19-22-9-11-25(12-10-22)39(2,36)37)24-13-16-32(17-14-24)18-15-26(23-7-5-4-6-8-23)31-29(35)27-20-30-21-38-27/h4-12,20-21,24,26H,3,13-19H2,1-2H3,(H,31,35)/t26-/m0/s1. The number of carbonyl (C=O) groups is 2. The number of nitrogens with one attached hydrogen (secondary N) is 1. The number of likely N-dealkylation sites (N-methyl/N-ethyl adjacent to an activating group) is 1. The first kappa shape index (κ1) is 28.9. The van der Waals surface area contributed by atoms with Crippen LogP contribution in [-0.4, -0.2) is 73.5 Å². The van der Waals surface area contributed by atoms with Gasteiger partial charge in [-0.2, -0.15) is 0 Å². The van der Waals surface area contributed by atoms with E-state index in [9.17, 15) is 18.0 Å². The van der Waals surface area contributed by atoms with Gasteiger partial charge in [0.25, 0.3) is 5.91 Å². The van der Waals surface area contributed by atoms with Gasteiger partial charge in [-0.3, -0.25) is 14.6 Å². The molecule has 2 heterocycles. The second-order valence-electron chi connectivity index (χ2n) is 9.94. The Morgan fingerprint density at radius 2 is 1.79 bits per heavy atom. The Morgan fingerprint density at radius 3 is 2.38 bits per heavy atom. The SMILES string of the molecule is CCN(C(=O)Cc1ccc(S(C)(=O)=O)cc1)C1CCN(CC[C@H](NC(=O)c2cncs2)c2ccccc2)CC1. The van der Waals surface area contributed by atoms with Crippen LogP contribution in [0.5, 0.6) is 0 Å². The van der Waals surface area contributed by atoms with Gasteiger partial charge < -0.3 is 15.1 Å². The number of thiazole rings is 1. The molecule has 39 heavy (non-hydrogen) atoms. The zero-order chi connectivity index (χ0) is 27.8. The number of benzene rings is 2. The largest absolute Gasteiger partial charge is 0.344 e. The van der Waals surface area contributed by atoms with Gasteiger partial charge in [-0.25, -0.2) is 8.42 Å². The highest BCUT2D eigenvalue weighted by molar-refractivity contribution is 7.90. The second kappa shape index (κ2) is 13.3. The maximum absolute atomic E-state index is 13.1. The molecule has 2 aromatic carbocycles. The second-order valence-corrected chi connectivity index (χ2v) is 12.8. The normalized spacial score (nSPS) is 15.5. The fraction of sp³-hybridized carbons (Fsp3) is 0.414. The summed E-state index contributed by atoms with van der Waals surface area (Å²) >= 11 is 1.33. The molecule has 0 saturated carbocycles. The highest BCUT2D eigenvalue weighted by atomic mass is 32.2. The van der Waals surface area contributed by atoms with E-state index in [1.807, 2.05) is 42.2 Å².